The van der Waals surface area contributed by atoms with Crippen molar-refractivity contribution in [2.24, 2.45) is 0 Å². The Kier molecular flexibility index (Phi) is 7.62. The molecule has 0 unspecified atom stereocenters. The van der Waals surface area contributed by atoms with Gasteiger partial charge in [0.2, 0.25) is 5.91 Å². The molecule has 0 aliphatic carbocycles. The van der Waals surface area contributed by atoms with Gasteiger partial charge in [0.25, 0.3) is 0 Å². The van der Waals surface area contributed by atoms with Gasteiger partial charge in [0.1, 0.15) is 0 Å². The van der Waals surface area contributed by atoms with Gasteiger partial charge in [-0.05, 0) is 13.8 Å². The minimum Gasteiger partial charge on any atom is -0.468 e. The van der Waals surface area contributed by atoms with Gasteiger partial charge in [-0.15, -0.1) is 0 Å². The third kappa shape index (κ3) is 6.06. The van der Waals surface area contributed by atoms with Gasteiger partial charge in [0.05, 0.1) is 13.7 Å². The van der Waals surface area contributed by atoms with Gasteiger partial charge in [-0.3, -0.25) is 9.59 Å². The highest BCUT2D eigenvalue weighted by molar-refractivity contribution is 5.76. The van der Waals surface area contributed by atoms with Crippen molar-refractivity contribution >= 4 is 11.9 Å². The monoisotopic (exact) mass is 216 g/mol. The zero-order valence-corrected chi connectivity index (χ0v) is 9.71. The van der Waals surface area contributed by atoms with Gasteiger partial charge in [-0.25, -0.2) is 0 Å². The maximum Gasteiger partial charge on any atom is 0.319 e. The molecule has 5 nitrogen and oxygen atoms in total. The molecular weight excluding hydrogens is 196 g/mol. The first kappa shape index (κ1) is 13.9. The summed E-state index contributed by atoms with van der Waals surface area (Å²) >= 11 is 0. The van der Waals surface area contributed by atoms with Gasteiger partial charge in [0, 0.05) is 26.1 Å². The molecule has 0 radical (unpaired) electrons. The average molecular weight is 216 g/mol. The van der Waals surface area contributed by atoms with Crippen LogP contribution in [0.25, 0.3) is 0 Å². The first-order valence-electron chi connectivity index (χ1n) is 5.21. The second-order valence-corrected chi connectivity index (χ2v) is 3.07. The second-order valence-electron chi connectivity index (χ2n) is 3.07. The molecule has 0 atom stereocenters. The summed E-state index contributed by atoms with van der Waals surface area (Å²) in [4.78, 5) is 24.0. The third-order valence-electron chi connectivity index (χ3n) is 2.13. The van der Waals surface area contributed by atoms with E-state index in [9.17, 15) is 9.59 Å². The van der Waals surface area contributed by atoms with Crippen molar-refractivity contribution in [2.45, 2.75) is 20.3 Å². The maximum atomic E-state index is 11.5. The molecule has 88 valence electrons. The Morgan fingerprint density at radius 3 is 2.33 bits per heavy atom. The van der Waals surface area contributed by atoms with E-state index in [1.165, 1.54) is 7.11 Å². The highest BCUT2D eigenvalue weighted by Gasteiger charge is 2.08. The molecule has 0 fully saturated rings. The van der Waals surface area contributed by atoms with Gasteiger partial charge < -0.3 is 15.0 Å². The van der Waals surface area contributed by atoms with Crippen LogP contribution in [0.15, 0.2) is 0 Å². The average Bonchev–Trinajstić information content (AvgIpc) is 2.25. The lowest BCUT2D eigenvalue weighted by atomic mass is 10.3. The molecule has 0 aliphatic heterocycles. The maximum absolute atomic E-state index is 11.5. The molecule has 0 bridgehead atoms. The van der Waals surface area contributed by atoms with Crippen LogP contribution in [-0.2, 0) is 14.3 Å². The molecule has 0 aromatic heterocycles. The molecule has 0 rings (SSSR count). The van der Waals surface area contributed by atoms with Crippen LogP contribution in [0.5, 0.6) is 0 Å². The molecule has 0 aromatic carbocycles. The summed E-state index contributed by atoms with van der Waals surface area (Å²) in [6, 6.07) is 0. The Labute approximate surface area is 90.8 Å². The van der Waals surface area contributed by atoms with Crippen molar-refractivity contribution in [3.63, 3.8) is 0 Å². The van der Waals surface area contributed by atoms with E-state index < -0.39 is 0 Å². The molecule has 1 amide bonds. The normalized spacial score (nSPS) is 9.80. The van der Waals surface area contributed by atoms with Crippen LogP contribution in [0, 0.1) is 0 Å². The van der Waals surface area contributed by atoms with Crippen LogP contribution in [-0.4, -0.2) is 50.1 Å². The molecule has 0 spiro atoms. The fourth-order valence-corrected chi connectivity index (χ4v) is 1.19. The summed E-state index contributed by atoms with van der Waals surface area (Å²) in [6.45, 7) is 6.01. The summed E-state index contributed by atoms with van der Waals surface area (Å²) < 4.78 is 4.45. The summed E-state index contributed by atoms with van der Waals surface area (Å²) in [5.74, 6) is -0.206. The van der Waals surface area contributed by atoms with Crippen molar-refractivity contribution in [1.82, 2.24) is 10.2 Å². The Hall–Kier alpha value is -1.10. The Morgan fingerprint density at radius 1 is 1.27 bits per heavy atom. The standard InChI is InChI=1S/C10H20N2O3/c1-4-12(5-2)9(13)6-7-11-8-10(14)15-3/h11H,4-8H2,1-3H3. The molecule has 1 N–H and O–H groups in total. The smallest absolute Gasteiger partial charge is 0.319 e. The van der Waals surface area contributed by atoms with E-state index in [4.69, 9.17) is 0 Å². The van der Waals surface area contributed by atoms with Crippen LogP contribution in [0.3, 0.4) is 0 Å². The number of hydrogen-bond donors (Lipinski definition) is 1. The highest BCUT2D eigenvalue weighted by Crippen LogP contribution is 1.92. The van der Waals surface area contributed by atoms with Crippen LogP contribution >= 0.6 is 0 Å². The first-order chi connectivity index (χ1) is 7.15. The first-order valence-corrected chi connectivity index (χ1v) is 5.21. The molecule has 0 saturated heterocycles. The predicted molar refractivity (Wildman–Crippen MR) is 57.4 cm³/mol. The molecule has 0 saturated carbocycles. The van der Waals surface area contributed by atoms with E-state index in [2.05, 4.69) is 10.1 Å². The van der Waals surface area contributed by atoms with Crippen LogP contribution in [0.2, 0.25) is 0 Å². The quantitative estimate of drug-likeness (QED) is 0.481. The Morgan fingerprint density at radius 2 is 1.87 bits per heavy atom. The van der Waals surface area contributed by atoms with E-state index >= 15 is 0 Å². The van der Waals surface area contributed by atoms with Crippen molar-refractivity contribution < 1.29 is 14.3 Å². The molecule has 0 aromatic rings. The lowest BCUT2D eigenvalue weighted by Gasteiger charge is -2.18. The van der Waals surface area contributed by atoms with Gasteiger partial charge in [0.15, 0.2) is 0 Å². The summed E-state index contributed by atoms with van der Waals surface area (Å²) in [7, 11) is 1.34. The fraction of sp³-hybridized carbons (Fsp3) is 0.800. The molecule has 15 heavy (non-hydrogen) atoms. The minimum absolute atomic E-state index is 0.109. The number of nitrogens with zero attached hydrogens (tertiary/aromatic N) is 1. The van der Waals surface area contributed by atoms with Crippen molar-refractivity contribution in [2.75, 3.05) is 33.3 Å². The minimum atomic E-state index is -0.315. The summed E-state index contributed by atoms with van der Waals surface area (Å²) in [6.07, 6.45) is 0.415. The third-order valence-corrected chi connectivity index (χ3v) is 2.13. The molecule has 5 heteroatoms. The number of methoxy groups -OCH3 is 1. The Bertz CT molecular complexity index is 203. The highest BCUT2D eigenvalue weighted by atomic mass is 16.5. The number of ether oxygens (including phenoxy) is 1. The Balaban J connectivity index is 3.58. The van der Waals surface area contributed by atoms with Crippen molar-refractivity contribution in [3.05, 3.63) is 0 Å². The van der Waals surface area contributed by atoms with Crippen molar-refractivity contribution in [1.29, 1.82) is 0 Å². The number of nitrogens with one attached hydrogen (secondary N) is 1. The number of amides is 1. The van der Waals surface area contributed by atoms with E-state index in [-0.39, 0.29) is 18.4 Å². The molecular formula is C10H20N2O3. The van der Waals surface area contributed by atoms with Crippen molar-refractivity contribution in [3.8, 4) is 0 Å². The van der Waals surface area contributed by atoms with E-state index in [0.29, 0.717) is 13.0 Å². The number of carbonyl (C=O) groups excluding carboxylic acids is 2. The fourth-order valence-electron chi connectivity index (χ4n) is 1.19. The topological polar surface area (TPSA) is 58.6 Å². The zero-order valence-electron chi connectivity index (χ0n) is 9.71. The summed E-state index contributed by atoms with van der Waals surface area (Å²) in [5.41, 5.74) is 0. The van der Waals surface area contributed by atoms with Crippen LogP contribution in [0.1, 0.15) is 20.3 Å². The van der Waals surface area contributed by atoms with Crippen LogP contribution < -0.4 is 5.32 Å². The number of esters is 1. The number of hydrogen-bond acceptors (Lipinski definition) is 4. The second kappa shape index (κ2) is 8.23. The molecule has 0 aliphatic rings. The SMILES string of the molecule is CCN(CC)C(=O)CCNCC(=O)OC. The predicted octanol–water partition coefficient (Wildman–Crippen LogP) is 0.00750. The van der Waals surface area contributed by atoms with E-state index in [1.54, 1.807) is 4.90 Å². The van der Waals surface area contributed by atoms with Crippen LogP contribution in [0.4, 0.5) is 0 Å². The van der Waals surface area contributed by atoms with Gasteiger partial charge in [-0.2, -0.15) is 0 Å². The number of rotatable bonds is 7. The zero-order chi connectivity index (χ0) is 11.7. The molecule has 0 heterocycles. The van der Waals surface area contributed by atoms with E-state index in [1.807, 2.05) is 13.8 Å². The lowest BCUT2D eigenvalue weighted by Crippen LogP contribution is -2.34. The van der Waals surface area contributed by atoms with Gasteiger partial charge >= 0.3 is 5.97 Å². The largest absolute Gasteiger partial charge is 0.468 e. The summed E-state index contributed by atoms with van der Waals surface area (Å²) in [5, 5.41) is 2.85. The van der Waals surface area contributed by atoms with E-state index in [0.717, 1.165) is 13.1 Å². The van der Waals surface area contributed by atoms with Gasteiger partial charge in [-0.1, -0.05) is 0 Å². The lowest BCUT2D eigenvalue weighted by molar-refractivity contribution is -0.139. The number of carbonyl (C=O) groups is 2.